The zero-order valence-corrected chi connectivity index (χ0v) is 18.1. The van der Waals surface area contributed by atoms with E-state index in [-0.39, 0.29) is 35.8 Å². The van der Waals surface area contributed by atoms with Crippen molar-refractivity contribution in [3.05, 3.63) is 63.1 Å². The van der Waals surface area contributed by atoms with E-state index in [1.165, 1.54) is 6.07 Å². The number of ether oxygens (including phenoxy) is 1. The minimum absolute atomic E-state index is 0.0358. The molecule has 3 aromatic heterocycles. The fourth-order valence-electron chi connectivity index (χ4n) is 3.14. The second kappa shape index (κ2) is 9.35. The van der Waals surface area contributed by atoms with Crippen LogP contribution in [0.2, 0.25) is 0 Å². The minimum atomic E-state index is -0.997. The Hall–Kier alpha value is -3.47. The number of hydrogen-bond donors (Lipinski definition) is 1. The predicted molar refractivity (Wildman–Crippen MR) is 110 cm³/mol. The molecule has 3 heterocycles. The number of hydrogen-bond acceptors (Lipinski definition) is 7. The molecule has 0 aliphatic rings. The normalized spacial score (nSPS) is 11.2. The number of carbonyl (C=O) groups is 1. The highest BCUT2D eigenvalue weighted by molar-refractivity contribution is 5.99. The quantitative estimate of drug-likeness (QED) is 0.527. The number of aliphatic hydroxyl groups is 1. The molecule has 0 aromatic carbocycles. The van der Waals surface area contributed by atoms with Crippen LogP contribution in [-0.4, -0.2) is 41.3 Å². The molecule has 0 saturated carbocycles. The summed E-state index contributed by atoms with van der Waals surface area (Å²) in [7, 11) is 0. The summed E-state index contributed by atoms with van der Waals surface area (Å²) in [6, 6.07) is 2.33. The van der Waals surface area contributed by atoms with Crippen molar-refractivity contribution in [3.63, 3.8) is 0 Å². The Morgan fingerprint density at radius 2 is 1.97 bits per heavy atom. The maximum absolute atomic E-state index is 15.0. The lowest BCUT2D eigenvalue weighted by atomic mass is 10.0. The van der Waals surface area contributed by atoms with Crippen LogP contribution in [0.1, 0.15) is 48.2 Å². The molecule has 0 saturated heterocycles. The summed E-state index contributed by atoms with van der Waals surface area (Å²) in [5.41, 5.74) is -0.267. The highest BCUT2D eigenvalue weighted by Gasteiger charge is 2.24. The average molecular weight is 447 g/mol. The Morgan fingerprint density at radius 1 is 1.25 bits per heavy atom. The van der Waals surface area contributed by atoms with Crippen LogP contribution in [0.4, 0.5) is 8.78 Å². The van der Waals surface area contributed by atoms with Gasteiger partial charge in [-0.15, -0.1) is 5.10 Å². The highest BCUT2D eigenvalue weighted by Crippen LogP contribution is 2.24. The van der Waals surface area contributed by atoms with Crippen LogP contribution >= 0.6 is 0 Å². The lowest BCUT2D eigenvalue weighted by Gasteiger charge is -2.14. The maximum atomic E-state index is 15.0. The smallest absolute Gasteiger partial charge is 0.352 e. The summed E-state index contributed by atoms with van der Waals surface area (Å²) >= 11 is 0. The van der Waals surface area contributed by atoms with E-state index in [9.17, 15) is 23.5 Å². The van der Waals surface area contributed by atoms with E-state index in [0.29, 0.717) is 10.4 Å². The van der Waals surface area contributed by atoms with Gasteiger partial charge in [-0.1, -0.05) is 0 Å². The zero-order chi connectivity index (χ0) is 23.6. The third-order valence-electron chi connectivity index (χ3n) is 4.59. The molecule has 0 amide bonds. The minimum Gasteiger partial charge on any atom is -0.474 e. The number of aromatic nitrogens is 5. The number of nitrogens with zero attached hydrogens (tertiary/aromatic N) is 5. The zero-order valence-electron chi connectivity index (χ0n) is 18.1. The SMILES string of the molecule is CCn1c(CO)nn(-c2nc(OC(C)C)c(C(=O)Cc3cc(C)ncc3F)cc2F)c1=O. The predicted octanol–water partition coefficient (Wildman–Crippen LogP) is 2.14. The Kier molecular flexibility index (Phi) is 6.78. The topological polar surface area (TPSA) is 112 Å². The summed E-state index contributed by atoms with van der Waals surface area (Å²) in [6.07, 6.45) is 0.231. The number of halogens is 2. The van der Waals surface area contributed by atoms with Crippen LogP contribution in [0.25, 0.3) is 5.82 Å². The van der Waals surface area contributed by atoms with Gasteiger partial charge in [-0.3, -0.25) is 14.3 Å². The molecule has 170 valence electrons. The van der Waals surface area contributed by atoms with Crippen molar-refractivity contribution in [2.75, 3.05) is 0 Å². The average Bonchev–Trinajstić information content (AvgIpc) is 3.06. The summed E-state index contributed by atoms with van der Waals surface area (Å²) in [5.74, 6) is -2.93. The monoisotopic (exact) mass is 447 g/mol. The summed E-state index contributed by atoms with van der Waals surface area (Å²) in [5, 5.41) is 13.4. The number of aliphatic hydroxyl groups excluding tert-OH is 1. The maximum Gasteiger partial charge on any atom is 0.352 e. The van der Waals surface area contributed by atoms with Crippen molar-refractivity contribution < 1.29 is 23.4 Å². The molecule has 0 fully saturated rings. The lowest BCUT2D eigenvalue weighted by Crippen LogP contribution is -2.26. The molecule has 0 radical (unpaired) electrons. The molecule has 11 heteroatoms. The Labute approximate surface area is 182 Å². The largest absolute Gasteiger partial charge is 0.474 e. The number of ketones is 1. The van der Waals surface area contributed by atoms with Crippen LogP contribution in [0.15, 0.2) is 23.1 Å². The first-order chi connectivity index (χ1) is 15.2. The number of pyridine rings is 2. The first-order valence-electron chi connectivity index (χ1n) is 9.97. The molecule has 3 aromatic rings. The van der Waals surface area contributed by atoms with Gasteiger partial charge in [-0.25, -0.2) is 13.6 Å². The van der Waals surface area contributed by atoms with Crippen molar-refractivity contribution in [3.8, 4) is 11.7 Å². The fraction of sp³-hybridized carbons (Fsp3) is 0.381. The molecule has 0 atom stereocenters. The number of Topliss-reactive ketones (excluding diaryl/α,β-unsaturated/α-hetero) is 1. The number of aryl methyl sites for hydroxylation is 1. The number of rotatable bonds is 8. The van der Waals surface area contributed by atoms with Crippen molar-refractivity contribution in [1.29, 1.82) is 0 Å². The van der Waals surface area contributed by atoms with Gasteiger partial charge in [0.1, 0.15) is 12.4 Å². The van der Waals surface area contributed by atoms with Crippen LogP contribution in [0.5, 0.6) is 5.88 Å². The lowest BCUT2D eigenvalue weighted by molar-refractivity contribution is 0.0984. The third kappa shape index (κ3) is 4.57. The van der Waals surface area contributed by atoms with Gasteiger partial charge in [0.25, 0.3) is 0 Å². The standard InChI is InChI=1S/C21H23F2N5O4/c1-5-27-18(10-29)26-28(21(27)31)19-15(22)8-14(20(25-19)32-11(2)3)17(30)7-13-6-12(4)24-9-16(13)23/h6,8-9,11,29H,5,7,10H2,1-4H3. The Balaban J connectivity index is 2.10. The van der Waals surface area contributed by atoms with E-state index in [4.69, 9.17) is 4.74 Å². The van der Waals surface area contributed by atoms with E-state index >= 15 is 0 Å². The van der Waals surface area contributed by atoms with Gasteiger partial charge in [0, 0.05) is 18.7 Å². The van der Waals surface area contributed by atoms with E-state index in [1.54, 1.807) is 27.7 Å². The highest BCUT2D eigenvalue weighted by atomic mass is 19.1. The van der Waals surface area contributed by atoms with Gasteiger partial charge in [-0.05, 0) is 45.4 Å². The van der Waals surface area contributed by atoms with E-state index in [1.807, 2.05) is 0 Å². The van der Waals surface area contributed by atoms with E-state index < -0.39 is 41.6 Å². The second-order valence-electron chi connectivity index (χ2n) is 7.34. The first-order valence-corrected chi connectivity index (χ1v) is 9.97. The van der Waals surface area contributed by atoms with Crippen LogP contribution in [0.3, 0.4) is 0 Å². The molecule has 0 unspecified atom stereocenters. The fourth-order valence-corrected chi connectivity index (χ4v) is 3.14. The molecule has 0 aliphatic carbocycles. The molecular weight excluding hydrogens is 424 g/mol. The van der Waals surface area contributed by atoms with E-state index in [0.717, 1.165) is 16.8 Å². The van der Waals surface area contributed by atoms with Gasteiger partial charge < -0.3 is 9.84 Å². The summed E-state index contributed by atoms with van der Waals surface area (Å²) in [6.45, 7) is 6.38. The Morgan fingerprint density at radius 3 is 2.56 bits per heavy atom. The van der Waals surface area contributed by atoms with E-state index in [2.05, 4.69) is 15.1 Å². The molecular formula is C21H23F2N5O4. The molecule has 0 bridgehead atoms. The second-order valence-corrected chi connectivity index (χ2v) is 7.34. The van der Waals surface area contributed by atoms with Crippen molar-refractivity contribution in [2.24, 2.45) is 0 Å². The van der Waals surface area contributed by atoms with Crippen molar-refractivity contribution in [2.45, 2.75) is 53.4 Å². The molecule has 32 heavy (non-hydrogen) atoms. The van der Waals surface area contributed by atoms with Crippen LogP contribution in [0, 0.1) is 18.6 Å². The summed E-state index contributed by atoms with van der Waals surface area (Å²) in [4.78, 5) is 33.4. The number of carbonyl (C=O) groups excluding carboxylic acids is 1. The third-order valence-corrected chi connectivity index (χ3v) is 4.59. The molecule has 0 aliphatic heterocycles. The van der Waals surface area contributed by atoms with Gasteiger partial charge in [0.15, 0.2) is 23.2 Å². The first kappa shape index (κ1) is 23.2. The molecule has 3 rings (SSSR count). The molecule has 0 spiro atoms. The van der Waals surface area contributed by atoms with Gasteiger partial charge in [0.05, 0.1) is 17.9 Å². The van der Waals surface area contributed by atoms with Crippen LogP contribution in [-0.2, 0) is 19.6 Å². The molecule has 1 N–H and O–H groups in total. The van der Waals surface area contributed by atoms with Crippen molar-refractivity contribution >= 4 is 5.78 Å². The van der Waals surface area contributed by atoms with Gasteiger partial charge in [-0.2, -0.15) is 9.67 Å². The van der Waals surface area contributed by atoms with Crippen LogP contribution < -0.4 is 10.4 Å². The van der Waals surface area contributed by atoms with Crippen molar-refractivity contribution in [1.82, 2.24) is 24.3 Å². The Bertz CT molecular complexity index is 1220. The molecule has 9 nitrogen and oxygen atoms in total. The van der Waals surface area contributed by atoms with Gasteiger partial charge in [0.2, 0.25) is 5.88 Å². The summed E-state index contributed by atoms with van der Waals surface area (Å²) < 4.78 is 36.5. The van der Waals surface area contributed by atoms with Gasteiger partial charge >= 0.3 is 5.69 Å².